The van der Waals surface area contributed by atoms with Gasteiger partial charge in [0.25, 0.3) is 11.8 Å². The number of anilines is 1. The molecule has 2 amide bonds. The Morgan fingerprint density at radius 1 is 1.07 bits per heavy atom. The summed E-state index contributed by atoms with van der Waals surface area (Å²) in [5.41, 5.74) is 0.865. The Morgan fingerprint density at radius 3 is 2.41 bits per heavy atom. The lowest BCUT2D eigenvalue weighted by molar-refractivity contribution is -0.122. The number of carbonyl (C=O) groups is 2. The van der Waals surface area contributed by atoms with Crippen molar-refractivity contribution < 1.29 is 14.3 Å². The Labute approximate surface area is 165 Å². The molecule has 144 valence electrons. The van der Waals surface area contributed by atoms with Crippen molar-refractivity contribution >= 4 is 29.1 Å². The number of halogens is 1. The monoisotopic (exact) mass is 388 g/mol. The van der Waals surface area contributed by atoms with Crippen molar-refractivity contribution in [1.82, 2.24) is 5.32 Å². The molecule has 27 heavy (non-hydrogen) atoms. The molecule has 5 nitrogen and oxygen atoms in total. The topological polar surface area (TPSA) is 67.4 Å². The summed E-state index contributed by atoms with van der Waals surface area (Å²) in [6.07, 6.45) is -0.268. The van der Waals surface area contributed by atoms with Gasteiger partial charge in [-0.3, -0.25) is 9.59 Å². The van der Waals surface area contributed by atoms with Gasteiger partial charge in [-0.15, -0.1) is 0 Å². The number of ether oxygens (including phenoxy) is 1. The van der Waals surface area contributed by atoms with Crippen molar-refractivity contribution in [2.75, 3.05) is 11.9 Å². The fourth-order valence-electron chi connectivity index (χ4n) is 2.41. The second kappa shape index (κ2) is 9.97. The minimum atomic E-state index is -0.725. The standard InChI is InChI=1S/C21H25ClN2O3/c1-4-18(27-19-12-8-6-10-16(19)22)21(26)24-17-11-7-5-9-15(17)20(25)23-13-14(2)3/h5-12,14,18H,4,13H2,1-3H3,(H,23,25)(H,24,26)/t18-/m0/s1. The average Bonchev–Trinajstić information content (AvgIpc) is 2.65. The quantitative estimate of drug-likeness (QED) is 0.698. The Balaban J connectivity index is 2.12. The molecule has 0 aliphatic carbocycles. The fraction of sp³-hybridized carbons (Fsp3) is 0.333. The van der Waals surface area contributed by atoms with E-state index >= 15 is 0 Å². The highest BCUT2D eigenvalue weighted by Gasteiger charge is 2.21. The van der Waals surface area contributed by atoms with E-state index in [0.717, 1.165) is 0 Å². The smallest absolute Gasteiger partial charge is 0.265 e. The van der Waals surface area contributed by atoms with Gasteiger partial charge in [-0.2, -0.15) is 0 Å². The molecule has 0 saturated heterocycles. The maximum Gasteiger partial charge on any atom is 0.265 e. The van der Waals surface area contributed by atoms with Gasteiger partial charge >= 0.3 is 0 Å². The number of benzene rings is 2. The molecule has 0 unspecified atom stereocenters. The second-order valence-corrected chi connectivity index (χ2v) is 6.99. The molecule has 0 radical (unpaired) electrons. The van der Waals surface area contributed by atoms with Gasteiger partial charge in [0, 0.05) is 6.54 Å². The third-order valence-electron chi connectivity index (χ3n) is 3.87. The molecule has 0 aliphatic rings. The van der Waals surface area contributed by atoms with Gasteiger partial charge in [-0.1, -0.05) is 56.6 Å². The van der Waals surface area contributed by atoms with E-state index < -0.39 is 6.10 Å². The zero-order valence-corrected chi connectivity index (χ0v) is 16.5. The lowest BCUT2D eigenvalue weighted by Crippen LogP contribution is -2.34. The van der Waals surface area contributed by atoms with Crippen LogP contribution in [0.15, 0.2) is 48.5 Å². The Kier molecular flexibility index (Phi) is 7.67. The third kappa shape index (κ3) is 6.00. The lowest BCUT2D eigenvalue weighted by atomic mass is 10.1. The van der Waals surface area contributed by atoms with Crippen molar-refractivity contribution in [1.29, 1.82) is 0 Å². The first-order chi connectivity index (χ1) is 12.9. The van der Waals surface area contributed by atoms with Gasteiger partial charge in [-0.05, 0) is 36.6 Å². The molecule has 2 aromatic carbocycles. The molecule has 2 N–H and O–H groups in total. The van der Waals surface area contributed by atoms with Crippen molar-refractivity contribution in [2.24, 2.45) is 5.92 Å². The highest BCUT2D eigenvalue weighted by atomic mass is 35.5. The zero-order chi connectivity index (χ0) is 19.8. The van der Waals surface area contributed by atoms with Crippen LogP contribution in [0.2, 0.25) is 5.02 Å². The maximum absolute atomic E-state index is 12.7. The molecule has 1 atom stereocenters. The molecule has 0 spiro atoms. The van der Waals surface area contributed by atoms with Crippen LogP contribution in [0.3, 0.4) is 0 Å². The largest absolute Gasteiger partial charge is 0.479 e. The van der Waals surface area contributed by atoms with Crippen LogP contribution in [-0.4, -0.2) is 24.5 Å². The van der Waals surface area contributed by atoms with Crippen LogP contribution >= 0.6 is 11.6 Å². The average molecular weight is 389 g/mol. The summed E-state index contributed by atoms with van der Waals surface area (Å²) in [4.78, 5) is 25.1. The predicted molar refractivity (Wildman–Crippen MR) is 108 cm³/mol. The molecule has 0 bridgehead atoms. The molecule has 2 aromatic rings. The summed E-state index contributed by atoms with van der Waals surface area (Å²) >= 11 is 6.11. The van der Waals surface area contributed by atoms with Gasteiger partial charge in [0.1, 0.15) is 5.75 Å². The summed E-state index contributed by atoms with van der Waals surface area (Å²) in [6, 6.07) is 13.9. The summed E-state index contributed by atoms with van der Waals surface area (Å²) in [6.45, 7) is 6.45. The third-order valence-corrected chi connectivity index (χ3v) is 4.18. The van der Waals surface area contributed by atoms with E-state index in [-0.39, 0.29) is 11.8 Å². The normalized spacial score (nSPS) is 11.7. The second-order valence-electron chi connectivity index (χ2n) is 6.58. The molecule has 0 aliphatic heterocycles. The molecular weight excluding hydrogens is 364 g/mol. The summed E-state index contributed by atoms with van der Waals surface area (Å²) in [7, 11) is 0. The zero-order valence-electron chi connectivity index (χ0n) is 15.8. The fourth-order valence-corrected chi connectivity index (χ4v) is 2.59. The number of amides is 2. The summed E-state index contributed by atoms with van der Waals surface area (Å²) < 4.78 is 5.76. The van der Waals surface area contributed by atoms with E-state index in [4.69, 9.17) is 16.3 Å². The van der Waals surface area contributed by atoms with E-state index in [0.29, 0.717) is 40.9 Å². The highest BCUT2D eigenvalue weighted by Crippen LogP contribution is 2.25. The van der Waals surface area contributed by atoms with Crippen molar-refractivity contribution in [3.8, 4) is 5.75 Å². The SMILES string of the molecule is CC[C@H](Oc1ccccc1Cl)C(=O)Nc1ccccc1C(=O)NCC(C)C. The van der Waals surface area contributed by atoms with Crippen molar-refractivity contribution in [3.05, 3.63) is 59.1 Å². The van der Waals surface area contributed by atoms with Gasteiger partial charge in [0.2, 0.25) is 0 Å². The van der Waals surface area contributed by atoms with Crippen LogP contribution in [0.5, 0.6) is 5.75 Å². The van der Waals surface area contributed by atoms with E-state index in [2.05, 4.69) is 10.6 Å². The Morgan fingerprint density at radius 2 is 1.74 bits per heavy atom. The lowest BCUT2D eigenvalue weighted by Gasteiger charge is -2.19. The Hall–Kier alpha value is -2.53. The van der Waals surface area contributed by atoms with Gasteiger partial charge < -0.3 is 15.4 Å². The first-order valence-corrected chi connectivity index (χ1v) is 9.39. The van der Waals surface area contributed by atoms with Crippen molar-refractivity contribution in [3.63, 3.8) is 0 Å². The molecule has 0 aromatic heterocycles. The number of hydrogen-bond acceptors (Lipinski definition) is 3. The van der Waals surface area contributed by atoms with E-state index in [1.807, 2.05) is 20.8 Å². The molecule has 6 heteroatoms. The predicted octanol–water partition coefficient (Wildman–Crippen LogP) is 4.52. The number of para-hydroxylation sites is 2. The highest BCUT2D eigenvalue weighted by molar-refractivity contribution is 6.32. The van der Waals surface area contributed by atoms with Crippen LogP contribution in [0, 0.1) is 5.92 Å². The maximum atomic E-state index is 12.7. The minimum Gasteiger partial charge on any atom is -0.479 e. The van der Waals surface area contributed by atoms with Crippen molar-refractivity contribution in [2.45, 2.75) is 33.3 Å². The number of nitrogens with one attached hydrogen (secondary N) is 2. The van der Waals surface area contributed by atoms with E-state index in [1.165, 1.54) is 0 Å². The molecule has 0 heterocycles. The molecule has 2 rings (SSSR count). The van der Waals surface area contributed by atoms with Crippen LogP contribution in [-0.2, 0) is 4.79 Å². The van der Waals surface area contributed by atoms with Crippen LogP contribution < -0.4 is 15.4 Å². The molecule has 0 saturated carbocycles. The summed E-state index contributed by atoms with van der Waals surface area (Å²) in [5.74, 6) is 0.231. The first kappa shape index (κ1) is 20.8. The van der Waals surface area contributed by atoms with Crippen LogP contribution in [0.1, 0.15) is 37.6 Å². The van der Waals surface area contributed by atoms with E-state index in [9.17, 15) is 9.59 Å². The van der Waals surface area contributed by atoms with Gasteiger partial charge in [0.15, 0.2) is 6.10 Å². The molecular formula is C21H25ClN2O3. The minimum absolute atomic E-state index is 0.223. The Bertz CT molecular complexity index is 793. The van der Waals surface area contributed by atoms with E-state index in [1.54, 1.807) is 48.5 Å². The van der Waals surface area contributed by atoms with Gasteiger partial charge in [-0.25, -0.2) is 0 Å². The van der Waals surface area contributed by atoms with Crippen LogP contribution in [0.4, 0.5) is 5.69 Å². The number of rotatable bonds is 8. The number of carbonyl (C=O) groups excluding carboxylic acids is 2. The first-order valence-electron chi connectivity index (χ1n) is 9.01. The molecule has 0 fully saturated rings. The summed E-state index contributed by atoms with van der Waals surface area (Å²) in [5, 5.41) is 6.11. The van der Waals surface area contributed by atoms with Gasteiger partial charge in [0.05, 0.1) is 16.3 Å². The number of hydrogen-bond donors (Lipinski definition) is 2. The van der Waals surface area contributed by atoms with Crippen LogP contribution in [0.25, 0.3) is 0 Å².